The normalized spacial score (nSPS) is 11.1. The molecule has 1 aliphatic rings. The van der Waals surface area contributed by atoms with Crippen LogP contribution in [0.25, 0.3) is 49.5 Å². The largest absolute Gasteiger partial charge is 0.493 e. The van der Waals surface area contributed by atoms with E-state index in [-0.39, 0.29) is 21.8 Å². The second-order valence-electron chi connectivity index (χ2n) is 13.0. The zero-order chi connectivity index (χ0) is 41.1. The molecule has 6 nitrogen and oxygen atoms in total. The summed E-state index contributed by atoms with van der Waals surface area (Å²) >= 11 is 11.2. The second kappa shape index (κ2) is 19.5. The van der Waals surface area contributed by atoms with Gasteiger partial charge in [-0.2, -0.15) is 0 Å². The van der Waals surface area contributed by atoms with Crippen molar-refractivity contribution in [1.29, 1.82) is 0 Å². The molecule has 0 bridgehead atoms. The number of carbonyl (C=O) groups excluding carboxylic acids is 2. The molecule has 7 rings (SSSR count). The number of aromatic nitrogens is 1. The Morgan fingerprint density at radius 3 is 1.61 bits per heavy atom. The minimum absolute atomic E-state index is 0.110. The summed E-state index contributed by atoms with van der Waals surface area (Å²) in [7, 11) is 0. The number of aryl methyl sites for hydroxylation is 4. The summed E-state index contributed by atoms with van der Waals surface area (Å²) in [6.07, 6.45) is 10.1. The first-order chi connectivity index (χ1) is 27.4. The quantitative estimate of drug-likeness (QED) is 0.0543. The van der Waals surface area contributed by atoms with Crippen LogP contribution in [0.15, 0.2) is 150 Å². The molecule has 282 valence electrons. The summed E-state index contributed by atoms with van der Waals surface area (Å²) in [6, 6.07) is 37.4. The van der Waals surface area contributed by atoms with E-state index in [1.807, 2.05) is 143 Å². The van der Waals surface area contributed by atoms with Crippen LogP contribution >= 0.6 is 35.2 Å². The minimum Gasteiger partial charge on any atom is -0.493 e. The predicted octanol–water partition coefficient (Wildman–Crippen LogP) is 10.9. The van der Waals surface area contributed by atoms with Crippen LogP contribution in [0.2, 0.25) is 0 Å². The lowest BCUT2D eigenvalue weighted by Crippen LogP contribution is -2.09. The molecule has 9 heteroatoms. The molecule has 0 aliphatic heterocycles. The highest BCUT2D eigenvalue weighted by atomic mass is 35.5. The number of nitrogens with two attached hydrogens (primary N) is 1. The lowest BCUT2D eigenvalue weighted by molar-refractivity contribution is -0.106. The monoisotopic (exact) mass is 805 g/mol. The fourth-order valence-corrected chi connectivity index (χ4v) is 7.50. The summed E-state index contributed by atoms with van der Waals surface area (Å²) in [5, 5.41) is 10.4. The van der Waals surface area contributed by atoms with E-state index >= 15 is 0 Å². The Kier molecular flexibility index (Phi) is 14.3. The smallest absolute Gasteiger partial charge is 0.264 e. The third kappa shape index (κ3) is 10.5. The Labute approximate surface area is 346 Å². The lowest BCUT2D eigenvalue weighted by atomic mass is 9.92. The summed E-state index contributed by atoms with van der Waals surface area (Å²) < 4.78 is -0.190. The number of thiocarbonyl (C=S) groups is 1. The van der Waals surface area contributed by atoms with Gasteiger partial charge in [-0.25, -0.2) is 9.78 Å². The number of nitrogens with zero attached hydrogens (tertiary/aromatic N) is 1. The van der Waals surface area contributed by atoms with E-state index in [2.05, 4.69) is 23.2 Å². The van der Waals surface area contributed by atoms with Gasteiger partial charge in [0.25, 0.3) is 5.24 Å². The molecular formula is C48H38ClN2O4S2+. The molecule has 0 spiro atoms. The Bertz CT molecular complexity index is 2600. The molecule has 1 aliphatic carbocycles. The van der Waals surface area contributed by atoms with E-state index in [0.717, 1.165) is 72.5 Å². The van der Waals surface area contributed by atoms with Crippen LogP contribution in [0, 0.1) is 33.8 Å². The highest BCUT2D eigenvalue weighted by molar-refractivity contribution is 7.80. The molecule has 57 heavy (non-hydrogen) atoms. The van der Waals surface area contributed by atoms with Crippen molar-refractivity contribution in [1.82, 2.24) is 4.98 Å². The van der Waals surface area contributed by atoms with Crippen LogP contribution < -0.4 is 10.5 Å². The third-order valence-corrected chi connectivity index (χ3v) is 10.3. The van der Waals surface area contributed by atoms with Crippen molar-refractivity contribution < 1.29 is 14.7 Å². The van der Waals surface area contributed by atoms with Gasteiger partial charge in [-0.15, -0.1) is 0 Å². The van der Waals surface area contributed by atoms with Crippen LogP contribution in [-0.4, -0.2) is 26.3 Å². The molecule has 0 saturated carbocycles. The van der Waals surface area contributed by atoms with Gasteiger partial charge in [-0.1, -0.05) is 139 Å². The Morgan fingerprint density at radius 2 is 1.23 bits per heavy atom. The second-order valence-corrected chi connectivity index (χ2v) is 14.7. The topological polar surface area (TPSA) is 110 Å². The maximum Gasteiger partial charge on any atom is 0.264 e. The van der Waals surface area contributed by atoms with Crippen LogP contribution in [0.5, 0.6) is 5.88 Å². The average Bonchev–Trinajstić information content (AvgIpc) is 3.21. The van der Waals surface area contributed by atoms with Gasteiger partial charge in [-0.05, 0) is 89.4 Å². The first-order valence-electron chi connectivity index (χ1n) is 17.7. The Morgan fingerprint density at radius 1 is 0.754 bits per heavy atom. The molecule has 0 atom stereocenters. The Balaban J connectivity index is 0.000000185. The van der Waals surface area contributed by atoms with E-state index in [4.69, 9.17) is 29.6 Å². The molecule has 1 heterocycles. The summed E-state index contributed by atoms with van der Waals surface area (Å²) in [4.78, 5) is 39.9. The van der Waals surface area contributed by atoms with E-state index in [1.54, 1.807) is 18.1 Å². The molecule has 0 unspecified atom stereocenters. The number of benzene rings is 5. The molecule has 6 aromatic rings. The van der Waals surface area contributed by atoms with Crippen molar-refractivity contribution in [2.45, 2.75) is 27.7 Å². The highest BCUT2D eigenvalue weighted by Gasteiger charge is 2.20. The van der Waals surface area contributed by atoms with Gasteiger partial charge in [0.1, 0.15) is 44.8 Å². The predicted molar refractivity (Wildman–Crippen MR) is 239 cm³/mol. The molecular weight excluding hydrogens is 768 g/mol. The van der Waals surface area contributed by atoms with Crippen molar-refractivity contribution in [3.8, 4) is 49.8 Å². The maximum absolute atomic E-state index is 12.9. The molecule has 5 aromatic carbocycles. The molecule has 0 fully saturated rings. The SMILES string of the molecule is Cc1cc(-c2ccccc2)cc(C)c1-c1c(O)nc(-c2ccccc2)sc1=O.Cc1cc(-c2ccccc2)cc(C)c1C(=C=O)C(=O)Cl.NC(=S)C1=CC=[C+]C=C1. The first kappa shape index (κ1) is 41.8. The van der Waals surface area contributed by atoms with Crippen LogP contribution in [0.4, 0.5) is 0 Å². The van der Waals surface area contributed by atoms with Crippen molar-refractivity contribution in [3.05, 3.63) is 189 Å². The van der Waals surface area contributed by atoms with Gasteiger partial charge < -0.3 is 10.8 Å². The minimum atomic E-state index is -0.779. The highest BCUT2D eigenvalue weighted by Crippen LogP contribution is 2.36. The number of hydrogen-bond donors (Lipinski definition) is 2. The van der Waals surface area contributed by atoms with E-state index < -0.39 is 5.24 Å². The van der Waals surface area contributed by atoms with E-state index in [9.17, 15) is 19.5 Å². The van der Waals surface area contributed by atoms with Crippen LogP contribution in [0.1, 0.15) is 27.8 Å². The van der Waals surface area contributed by atoms with Gasteiger partial charge in [0, 0.05) is 17.2 Å². The standard InChI is InChI=1S/C24H19NO2S.C17H13ClO2.C7H5NS/c1-15-13-19(17-9-5-3-6-10-17)14-16(2)20(15)21-22(26)25-23(28-24(21)27)18-11-7-4-8-12-18;1-11-8-14(13-6-4-3-5-7-13)9-12(2)16(11)15(10-19)17(18)20;8-7(9)6-4-2-1-3-5-6/h3-14,26H,1-2H3;3-9H,1-2H3;2-5H,(H-,8,9)/p+1. The molecule has 0 radical (unpaired) electrons. The van der Waals surface area contributed by atoms with Gasteiger partial charge in [0.05, 0.1) is 12.2 Å². The van der Waals surface area contributed by atoms with E-state index in [1.165, 1.54) is 0 Å². The maximum atomic E-state index is 12.9. The number of rotatable bonds is 7. The van der Waals surface area contributed by atoms with Crippen molar-refractivity contribution in [2.75, 3.05) is 0 Å². The zero-order valence-corrected chi connectivity index (χ0v) is 34.1. The van der Waals surface area contributed by atoms with E-state index in [0.29, 0.717) is 15.6 Å². The summed E-state index contributed by atoms with van der Waals surface area (Å²) in [5.41, 5.74) is 16.4. The van der Waals surface area contributed by atoms with Gasteiger partial charge in [0.15, 0.2) is 0 Å². The number of hydrogen-bond acceptors (Lipinski definition) is 7. The van der Waals surface area contributed by atoms with Gasteiger partial charge >= 0.3 is 0 Å². The van der Waals surface area contributed by atoms with Crippen molar-refractivity contribution in [3.63, 3.8) is 0 Å². The van der Waals surface area contributed by atoms with Crippen molar-refractivity contribution in [2.24, 2.45) is 5.73 Å². The molecule has 3 N–H and O–H groups in total. The van der Waals surface area contributed by atoms with Gasteiger partial charge in [0.2, 0.25) is 10.6 Å². The summed E-state index contributed by atoms with van der Waals surface area (Å²) in [6.45, 7) is 7.63. The first-order valence-corrected chi connectivity index (χ1v) is 19.3. The molecule has 0 amide bonds. The number of halogens is 1. The third-order valence-electron chi connectivity index (χ3n) is 8.93. The lowest BCUT2D eigenvalue weighted by Gasteiger charge is -2.14. The number of carbonyl (C=O) groups is 1. The molecule has 1 aromatic heterocycles. The zero-order valence-electron chi connectivity index (χ0n) is 31.7. The van der Waals surface area contributed by atoms with Crippen molar-refractivity contribution >= 4 is 56.9 Å². The average molecular weight is 806 g/mol. The Hall–Kier alpha value is -6.37. The molecule has 0 saturated heterocycles. The van der Waals surface area contributed by atoms with Gasteiger partial charge in [-0.3, -0.25) is 9.59 Å². The fraction of sp³-hybridized carbons (Fsp3) is 0.0833. The fourth-order valence-electron chi connectivity index (χ4n) is 6.37. The summed E-state index contributed by atoms with van der Waals surface area (Å²) in [5.74, 6) is 1.42. The number of aromatic hydroxyl groups is 1. The number of allylic oxidation sites excluding steroid dienone is 5. The van der Waals surface area contributed by atoms with Crippen LogP contribution in [-0.2, 0) is 9.59 Å². The van der Waals surface area contributed by atoms with Crippen LogP contribution in [0.3, 0.4) is 0 Å².